The van der Waals surface area contributed by atoms with Crippen molar-refractivity contribution in [3.05, 3.63) is 61.4 Å². The Morgan fingerprint density at radius 1 is 1.28 bits per heavy atom. The molecule has 1 aromatic carbocycles. The lowest BCUT2D eigenvalue weighted by Crippen LogP contribution is -2.38. The Labute approximate surface area is 176 Å². The maximum atomic E-state index is 13.7. The van der Waals surface area contributed by atoms with Crippen LogP contribution in [0.5, 0.6) is 0 Å². The number of aliphatic hydroxyl groups is 1. The van der Waals surface area contributed by atoms with Gasteiger partial charge in [0.25, 0.3) is 5.56 Å². The lowest BCUT2D eigenvalue weighted by molar-refractivity contribution is 0.296. The second kappa shape index (κ2) is 9.28. The van der Waals surface area contributed by atoms with Crippen LogP contribution >= 0.6 is 23.1 Å². The van der Waals surface area contributed by atoms with Crippen molar-refractivity contribution in [3.63, 3.8) is 0 Å². The van der Waals surface area contributed by atoms with E-state index in [-0.39, 0.29) is 29.6 Å². The average Bonchev–Trinajstić information content (AvgIpc) is 3.02. The molecule has 2 aromatic heterocycles. The van der Waals surface area contributed by atoms with Crippen molar-refractivity contribution in [3.8, 4) is 0 Å². The Bertz CT molecular complexity index is 1130. The summed E-state index contributed by atoms with van der Waals surface area (Å²) in [6.07, 6.45) is 1.09. The van der Waals surface area contributed by atoms with Gasteiger partial charge in [0.05, 0.1) is 5.39 Å². The molecule has 1 N–H and O–H groups in total. The number of aromatic nitrogens is 2. The topological polar surface area (TPSA) is 64.2 Å². The fourth-order valence-electron chi connectivity index (χ4n) is 3.22. The zero-order chi connectivity index (χ0) is 21.1. The van der Waals surface area contributed by atoms with E-state index in [9.17, 15) is 14.0 Å². The quantitative estimate of drug-likeness (QED) is 0.433. The maximum Gasteiger partial charge on any atom is 0.331 e. The molecule has 3 aromatic rings. The normalized spacial score (nSPS) is 11.7. The van der Waals surface area contributed by atoms with Crippen molar-refractivity contribution >= 4 is 33.3 Å². The minimum absolute atomic E-state index is 0.0738. The van der Waals surface area contributed by atoms with Crippen LogP contribution in [0.2, 0.25) is 0 Å². The smallest absolute Gasteiger partial charge is 0.331 e. The Kier molecular flexibility index (Phi) is 6.97. The lowest BCUT2D eigenvalue weighted by Gasteiger charge is -2.11. The predicted molar refractivity (Wildman–Crippen MR) is 118 cm³/mol. The molecule has 0 aliphatic heterocycles. The largest absolute Gasteiger partial charge is 0.396 e. The van der Waals surface area contributed by atoms with E-state index in [0.717, 1.165) is 15.3 Å². The van der Waals surface area contributed by atoms with Crippen LogP contribution in [0, 0.1) is 11.7 Å². The van der Waals surface area contributed by atoms with Crippen LogP contribution in [0.25, 0.3) is 10.2 Å². The number of aliphatic hydroxyl groups excluding tert-OH is 1. The molecule has 2 heterocycles. The second-order valence-corrected chi connectivity index (χ2v) is 9.61. The lowest BCUT2D eigenvalue weighted by atomic mass is 10.1. The molecule has 0 saturated heterocycles. The number of thioether (sulfide) groups is 1. The van der Waals surface area contributed by atoms with Gasteiger partial charge in [-0.15, -0.1) is 23.1 Å². The van der Waals surface area contributed by atoms with Gasteiger partial charge < -0.3 is 5.11 Å². The SMILES string of the molecule is CC(C)Cn1c(=O)n(C)c(=O)c2c(SCCCO)c(Cc3cccc(F)c3)sc21. The highest BCUT2D eigenvalue weighted by Gasteiger charge is 2.22. The number of fused-ring (bicyclic) bond motifs is 1. The van der Waals surface area contributed by atoms with Gasteiger partial charge in [-0.25, -0.2) is 9.18 Å². The van der Waals surface area contributed by atoms with E-state index < -0.39 is 0 Å². The first-order valence-electron chi connectivity index (χ1n) is 9.56. The maximum absolute atomic E-state index is 13.7. The van der Waals surface area contributed by atoms with Crippen molar-refractivity contribution in [2.75, 3.05) is 12.4 Å². The van der Waals surface area contributed by atoms with Crippen LogP contribution < -0.4 is 11.2 Å². The molecule has 3 rings (SSSR count). The highest BCUT2D eigenvalue weighted by molar-refractivity contribution is 7.99. The predicted octanol–water partition coefficient (Wildman–Crippen LogP) is 3.62. The summed E-state index contributed by atoms with van der Waals surface area (Å²) in [4.78, 5) is 28.2. The fraction of sp³-hybridized carbons (Fsp3) is 0.429. The number of rotatable bonds is 8. The number of hydrogen-bond donors (Lipinski definition) is 1. The van der Waals surface area contributed by atoms with Crippen LogP contribution in [0.15, 0.2) is 38.8 Å². The first-order valence-corrected chi connectivity index (χ1v) is 11.4. The molecule has 156 valence electrons. The Balaban J connectivity index is 2.23. The summed E-state index contributed by atoms with van der Waals surface area (Å²) in [5.41, 5.74) is 0.190. The van der Waals surface area contributed by atoms with Crippen molar-refractivity contribution < 1.29 is 9.50 Å². The standard InChI is InChI=1S/C21H25FN2O3S2/c1-13(2)12-24-20-17(19(26)23(3)21(24)27)18(28-9-5-8-25)16(29-20)11-14-6-4-7-15(22)10-14/h4,6-7,10,13,25H,5,8-9,11-12H2,1-3H3. The van der Waals surface area contributed by atoms with Gasteiger partial charge in [-0.05, 0) is 30.0 Å². The zero-order valence-electron chi connectivity index (χ0n) is 16.8. The third-order valence-corrected chi connectivity index (χ3v) is 7.12. The average molecular weight is 437 g/mol. The van der Waals surface area contributed by atoms with E-state index in [2.05, 4.69) is 0 Å². The molecule has 0 bridgehead atoms. The van der Waals surface area contributed by atoms with Crippen LogP contribution in [-0.4, -0.2) is 26.6 Å². The Hall–Kier alpha value is -1.90. The van der Waals surface area contributed by atoms with E-state index >= 15 is 0 Å². The Morgan fingerprint density at radius 2 is 2.03 bits per heavy atom. The summed E-state index contributed by atoms with van der Waals surface area (Å²) in [5, 5.41) is 9.71. The molecule has 0 aliphatic rings. The molecule has 0 fully saturated rings. The first-order chi connectivity index (χ1) is 13.8. The second-order valence-electron chi connectivity index (χ2n) is 7.42. The molecule has 0 atom stereocenters. The van der Waals surface area contributed by atoms with Gasteiger partial charge in [0.2, 0.25) is 0 Å². The molecular weight excluding hydrogens is 411 g/mol. The minimum Gasteiger partial charge on any atom is -0.396 e. The van der Waals surface area contributed by atoms with Gasteiger partial charge in [0, 0.05) is 42.1 Å². The van der Waals surface area contributed by atoms with Gasteiger partial charge in [-0.3, -0.25) is 13.9 Å². The van der Waals surface area contributed by atoms with Crippen LogP contribution in [0.4, 0.5) is 4.39 Å². The van der Waals surface area contributed by atoms with Crippen molar-refractivity contribution in [2.24, 2.45) is 13.0 Å². The molecule has 0 spiro atoms. The van der Waals surface area contributed by atoms with Crippen molar-refractivity contribution in [1.82, 2.24) is 9.13 Å². The number of halogens is 1. The first kappa shape index (κ1) is 21.8. The summed E-state index contributed by atoms with van der Waals surface area (Å²) in [6.45, 7) is 4.65. The Morgan fingerprint density at radius 3 is 2.69 bits per heavy atom. The van der Waals surface area contributed by atoms with Gasteiger partial charge >= 0.3 is 5.69 Å². The molecule has 8 heteroatoms. The molecule has 0 unspecified atom stereocenters. The zero-order valence-corrected chi connectivity index (χ0v) is 18.4. The van der Waals surface area contributed by atoms with E-state index in [1.807, 2.05) is 19.9 Å². The van der Waals surface area contributed by atoms with E-state index in [1.165, 1.54) is 46.8 Å². The molecule has 0 amide bonds. The van der Waals surface area contributed by atoms with Gasteiger partial charge in [-0.1, -0.05) is 26.0 Å². The summed E-state index contributed by atoms with van der Waals surface area (Å²) in [5.74, 6) is 0.601. The van der Waals surface area contributed by atoms with Crippen LogP contribution in [0.3, 0.4) is 0 Å². The summed E-state index contributed by atoms with van der Waals surface area (Å²) in [6, 6.07) is 6.42. The van der Waals surface area contributed by atoms with Gasteiger partial charge in [-0.2, -0.15) is 0 Å². The number of benzene rings is 1. The van der Waals surface area contributed by atoms with Crippen LogP contribution in [0.1, 0.15) is 30.7 Å². The molecular formula is C21H25FN2O3S2. The molecule has 0 radical (unpaired) electrons. The number of hydrogen-bond acceptors (Lipinski definition) is 5. The third-order valence-electron chi connectivity index (χ3n) is 4.55. The van der Waals surface area contributed by atoms with E-state index in [0.29, 0.717) is 35.4 Å². The number of nitrogens with zero attached hydrogens (tertiary/aromatic N) is 2. The molecule has 29 heavy (non-hydrogen) atoms. The molecule has 0 saturated carbocycles. The van der Waals surface area contributed by atoms with Gasteiger partial charge in [0.1, 0.15) is 10.6 Å². The van der Waals surface area contributed by atoms with E-state index in [4.69, 9.17) is 5.11 Å². The van der Waals surface area contributed by atoms with Crippen molar-refractivity contribution in [1.29, 1.82) is 0 Å². The molecule has 5 nitrogen and oxygen atoms in total. The summed E-state index contributed by atoms with van der Waals surface area (Å²) in [7, 11) is 1.51. The highest BCUT2D eigenvalue weighted by atomic mass is 32.2. The van der Waals surface area contributed by atoms with Gasteiger partial charge in [0.15, 0.2) is 0 Å². The van der Waals surface area contributed by atoms with Crippen LogP contribution in [-0.2, 0) is 20.0 Å². The monoisotopic (exact) mass is 436 g/mol. The van der Waals surface area contributed by atoms with E-state index in [1.54, 1.807) is 10.6 Å². The molecule has 0 aliphatic carbocycles. The van der Waals surface area contributed by atoms with Crippen molar-refractivity contribution in [2.45, 2.75) is 38.1 Å². The highest BCUT2D eigenvalue weighted by Crippen LogP contribution is 2.38. The fourth-order valence-corrected chi connectivity index (χ4v) is 5.84. The summed E-state index contributed by atoms with van der Waals surface area (Å²) >= 11 is 2.95. The minimum atomic E-state index is -0.318. The number of thiophene rings is 1. The third kappa shape index (κ3) is 4.65. The summed E-state index contributed by atoms with van der Waals surface area (Å²) < 4.78 is 16.5.